The summed E-state index contributed by atoms with van der Waals surface area (Å²) in [5.41, 5.74) is 1.73. The highest BCUT2D eigenvalue weighted by Crippen LogP contribution is 2.31. The Hall–Kier alpha value is -2.09. The van der Waals surface area contributed by atoms with Crippen molar-refractivity contribution in [3.05, 3.63) is 61.8 Å². The van der Waals surface area contributed by atoms with Crippen molar-refractivity contribution in [2.45, 2.75) is 6.42 Å². The molecule has 0 spiro atoms. The molecule has 0 amide bonds. The zero-order valence-corrected chi connectivity index (χ0v) is 14.9. The van der Waals surface area contributed by atoms with Gasteiger partial charge < -0.3 is 14.5 Å². The molecule has 3 aromatic rings. The van der Waals surface area contributed by atoms with Crippen LogP contribution in [-0.2, 0) is 6.42 Å². The molecule has 0 atom stereocenters. The van der Waals surface area contributed by atoms with Crippen molar-refractivity contribution in [3.8, 4) is 11.5 Å². The number of H-pyrrole nitrogens is 1. The summed E-state index contributed by atoms with van der Waals surface area (Å²) < 4.78 is 11.5. The fourth-order valence-corrected chi connectivity index (χ4v) is 2.79. The third kappa shape index (κ3) is 3.31. The third-order valence-electron chi connectivity index (χ3n) is 3.59. The molecule has 0 bridgehead atoms. The summed E-state index contributed by atoms with van der Waals surface area (Å²) in [6.07, 6.45) is 2.43. The Morgan fingerprint density at radius 1 is 1.13 bits per heavy atom. The van der Waals surface area contributed by atoms with Crippen LogP contribution in [0.1, 0.15) is 11.3 Å². The molecule has 0 saturated carbocycles. The van der Waals surface area contributed by atoms with E-state index in [2.05, 4.69) is 32.6 Å². The van der Waals surface area contributed by atoms with Gasteiger partial charge in [0, 0.05) is 18.3 Å². The van der Waals surface area contributed by atoms with E-state index in [4.69, 9.17) is 9.47 Å². The second-order valence-corrected chi connectivity index (χ2v) is 6.19. The lowest BCUT2D eigenvalue weighted by atomic mass is 10.1. The second kappa shape index (κ2) is 6.57. The van der Waals surface area contributed by atoms with Gasteiger partial charge in [-0.15, -0.1) is 0 Å². The fraction of sp³-hybridized carbons (Fsp3) is 0.176. The van der Waals surface area contributed by atoms with Crippen molar-refractivity contribution in [1.29, 1.82) is 0 Å². The van der Waals surface area contributed by atoms with Crippen LogP contribution in [0.4, 0.5) is 0 Å². The van der Waals surface area contributed by atoms with E-state index < -0.39 is 0 Å². The Morgan fingerprint density at radius 3 is 2.52 bits per heavy atom. The van der Waals surface area contributed by atoms with Gasteiger partial charge in [-0.2, -0.15) is 0 Å². The number of ether oxygens (including phenoxy) is 2. The molecule has 2 heterocycles. The van der Waals surface area contributed by atoms with Crippen molar-refractivity contribution in [1.82, 2.24) is 9.97 Å². The largest absolute Gasteiger partial charge is 0.493 e. The molecule has 118 valence electrons. The van der Waals surface area contributed by atoms with E-state index in [-0.39, 0.29) is 5.56 Å². The van der Waals surface area contributed by atoms with Gasteiger partial charge in [0.05, 0.1) is 19.6 Å². The first-order valence-corrected chi connectivity index (χ1v) is 8.07. The highest BCUT2D eigenvalue weighted by Gasteiger charge is 2.10. The average Bonchev–Trinajstić information content (AvgIpc) is 2.56. The van der Waals surface area contributed by atoms with Crippen LogP contribution >= 0.6 is 22.6 Å². The van der Waals surface area contributed by atoms with Crippen LogP contribution in [0.15, 0.2) is 41.3 Å². The summed E-state index contributed by atoms with van der Waals surface area (Å²) in [5.74, 6) is 1.15. The molecule has 1 N–H and O–H groups in total. The summed E-state index contributed by atoms with van der Waals surface area (Å²) in [6.45, 7) is 0. The normalized spacial score (nSPS) is 10.7. The number of rotatable bonds is 4. The second-order valence-electron chi connectivity index (χ2n) is 5.08. The van der Waals surface area contributed by atoms with Gasteiger partial charge in [0.25, 0.3) is 5.56 Å². The molecule has 0 unspecified atom stereocenters. The first kappa shape index (κ1) is 15.8. The molecule has 0 aliphatic heterocycles. The Morgan fingerprint density at radius 2 is 1.87 bits per heavy atom. The van der Waals surface area contributed by atoms with Crippen LogP contribution < -0.4 is 15.0 Å². The van der Waals surface area contributed by atoms with Crippen molar-refractivity contribution in [3.63, 3.8) is 0 Å². The maximum Gasteiger partial charge on any atom is 0.256 e. The van der Waals surface area contributed by atoms with Crippen LogP contribution in [0, 0.1) is 3.70 Å². The number of pyridine rings is 2. The first-order chi connectivity index (χ1) is 11.1. The van der Waals surface area contributed by atoms with Gasteiger partial charge in [0.15, 0.2) is 11.5 Å². The number of methoxy groups -OCH3 is 2. The molecule has 5 nitrogen and oxygen atoms in total. The van der Waals surface area contributed by atoms with Gasteiger partial charge >= 0.3 is 0 Å². The van der Waals surface area contributed by atoms with E-state index >= 15 is 0 Å². The topological polar surface area (TPSA) is 64.2 Å². The van der Waals surface area contributed by atoms with Crippen LogP contribution in [-0.4, -0.2) is 24.2 Å². The number of hydrogen-bond acceptors (Lipinski definition) is 4. The van der Waals surface area contributed by atoms with Crippen molar-refractivity contribution < 1.29 is 9.47 Å². The first-order valence-electron chi connectivity index (χ1n) is 6.99. The Balaban J connectivity index is 2.06. The summed E-state index contributed by atoms with van der Waals surface area (Å²) in [5, 5.41) is 1.40. The van der Waals surface area contributed by atoms with Gasteiger partial charge in [0.1, 0.15) is 3.70 Å². The number of fused-ring (bicyclic) bond motifs is 1. The number of aromatic amines is 1. The fourth-order valence-electron chi connectivity index (χ4n) is 2.47. The molecule has 3 rings (SSSR count). The number of benzene rings is 1. The molecule has 0 saturated heterocycles. The van der Waals surface area contributed by atoms with E-state index in [1.807, 2.05) is 30.5 Å². The van der Waals surface area contributed by atoms with Gasteiger partial charge in [-0.1, -0.05) is 6.07 Å². The van der Waals surface area contributed by atoms with Gasteiger partial charge in [-0.05, 0) is 57.8 Å². The molecular formula is C17H15IN2O3. The minimum Gasteiger partial charge on any atom is -0.493 e. The maximum absolute atomic E-state index is 12.3. The smallest absolute Gasteiger partial charge is 0.256 e. The molecule has 23 heavy (non-hydrogen) atoms. The monoisotopic (exact) mass is 422 g/mol. The quantitative estimate of drug-likeness (QED) is 0.519. The molecule has 1 aromatic carbocycles. The van der Waals surface area contributed by atoms with Crippen molar-refractivity contribution in [2.24, 2.45) is 0 Å². The lowest BCUT2D eigenvalue weighted by molar-refractivity contribution is 0.356. The summed E-state index contributed by atoms with van der Waals surface area (Å²) >= 11 is 2.16. The van der Waals surface area contributed by atoms with Crippen LogP contribution in [0.25, 0.3) is 10.8 Å². The number of aromatic nitrogens is 2. The van der Waals surface area contributed by atoms with Crippen LogP contribution in [0.3, 0.4) is 0 Å². The molecule has 0 fully saturated rings. The van der Waals surface area contributed by atoms with Crippen LogP contribution in [0.5, 0.6) is 11.5 Å². The number of nitrogens with zero attached hydrogens (tertiary/aromatic N) is 1. The van der Waals surface area contributed by atoms with E-state index in [0.29, 0.717) is 23.3 Å². The summed E-state index contributed by atoms with van der Waals surface area (Å²) in [7, 11) is 3.13. The predicted octanol–water partition coefficient (Wildman–Crippen LogP) is 3.14. The van der Waals surface area contributed by atoms with Gasteiger partial charge in [-0.25, -0.2) is 0 Å². The van der Waals surface area contributed by atoms with Gasteiger partial charge in [-0.3, -0.25) is 9.78 Å². The zero-order valence-electron chi connectivity index (χ0n) is 12.7. The van der Waals surface area contributed by atoms with E-state index in [0.717, 1.165) is 20.3 Å². The average molecular weight is 422 g/mol. The molecule has 0 aliphatic carbocycles. The Bertz CT molecular complexity index is 904. The van der Waals surface area contributed by atoms with Gasteiger partial charge in [0.2, 0.25) is 0 Å². The third-order valence-corrected chi connectivity index (χ3v) is 4.23. The Labute approximate surface area is 146 Å². The lowest BCUT2D eigenvalue weighted by Gasteiger charge is -2.10. The summed E-state index contributed by atoms with van der Waals surface area (Å²) in [6, 6.07) is 9.42. The minimum atomic E-state index is -0.142. The predicted molar refractivity (Wildman–Crippen MR) is 97.4 cm³/mol. The molecule has 0 aliphatic rings. The molecule has 6 heteroatoms. The number of nitrogens with one attached hydrogen (secondary N) is 1. The molecular weight excluding hydrogens is 407 g/mol. The highest BCUT2D eigenvalue weighted by molar-refractivity contribution is 14.1. The van der Waals surface area contributed by atoms with Crippen LogP contribution in [0.2, 0.25) is 0 Å². The zero-order chi connectivity index (χ0) is 16.4. The standard InChI is InChI=1S/C17H15IN2O3/c1-22-14-7-11-6-12(5-10-3-4-16(18)19-9-10)20-17(21)13(11)8-15(14)23-2/h3-4,6-9H,5H2,1-2H3,(H,20,21). The highest BCUT2D eigenvalue weighted by atomic mass is 127. The van der Waals surface area contributed by atoms with E-state index in [1.165, 1.54) is 0 Å². The molecule has 0 radical (unpaired) electrons. The van der Waals surface area contributed by atoms with E-state index in [9.17, 15) is 4.79 Å². The molecule has 2 aromatic heterocycles. The number of halogens is 1. The van der Waals surface area contributed by atoms with E-state index in [1.54, 1.807) is 20.3 Å². The summed E-state index contributed by atoms with van der Waals surface area (Å²) in [4.78, 5) is 19.5. The lowest BCUT2D eigenvalue weighted by Crippen LogP contribution is -2.10. The SMILES string of the molecule is COc1cc2cc(Cc3ccc(I)nc3)[nH]c(=O)c2cc1OC. The Kier molecular flexibility index (Phi) is 4.51. The maximum atomic E-state index is 12.3. The van der Waals surface area contributed by atoms with Crippen molar-refractivity contribution >= 4 is 33.4 Å². The van der Waals surface area contributed by atoms with Crippen molar-refractivity contribution in [2.75, 3.05) is 14.2 Å². The number of hydrogen-bond donors (Lipinski definition) is 1. The minimum absolute atomic E-state index is 0.142.